The molecule has 0 radical (unpaired) electrons. The van der Waals surface area contributed by atoms with Gasteiger partial charge in [0.2, 0.25) is 0 Å². The quantitative estimate of drug-likeness (QED) is 0.212. The van der Waals surface area contributed by atoms with Crippen LogP contribution in [0, 0.1) is 13.8 Å². The summed E-state index contributed by atoms with van der Waals surface area (Å²) in [7, 11) is -1.98. The standard InChI is InChI=1S/C37H39O4P/c1-20-14-22(36(3,4)5)16-26-28(20)18-40-30-12-10-24-25-11-13-31-33(35(25)42(38,39-9)34(24)32(26)30)27-17-23(37(6,7)8)15-21(2)29(27)19-41-31/h10-17H,18-19H2,1-9H3. The first-order chi connectivity index (χ1) is 19.7. The topological polar surface area (TPSA) is 44.8 Å². The van der Waals surface area contributed by atoms with Crippen LogP contribution in [0.4, 0.5) is 0 Å². The second-order valence-corrected chi connectivity index (χ2v) is 16.5. The van der Waals surface area contributed by atoms with Crippen molar-refractivity contribution in [3.05, 3.63) is 81.9 Å². The van der Waals surface area contributed by atoms with Gasteiger partial charge >= 0.3 is 0 Å². The highest BCUT2D eigenvalue weighted by atomic mass is 31.2. The fourth-order valence-electron chi connectivity index (χ4n) is 6.88. The summed E-state index contributed by atoms with van der Waals surface area (Å²) < 4.78 is 34.5. The molecule has 0 spiro atoms. The molecule has 0 unspecified atom stereocenters. The van der Waals surface area contributed by atoms with Crippen LogP contribution in [-0.4, -0.2) is 7.11 Å². The van der Waals surface area contributed by atoms with E-state index in [0.29, 0.717) is 13.2 Å². The molecule has 3 heterocycles. The maximum Gasteiger partial charge on any atom is 0.263 e. The number of benzene rings is 4. The molecule has 3 aliphatic heterocycles. The van der Waals surface area contributed by atoms with Crippen LogP contribution in [0.15, 0.2) is 48.5 Å². The van der Waals surface area contributed by atoms with Gasteiger partial charge in [-0.15, -0.1) is 0 Å². The summed E-state index contributed by atoms with van der Waals surface area (Å²) in [5.74, 6) is 1.52. The first-order valence-electron chi connectivity index (χ1n) is 14.8. The Morgan fingerprint density at radius 3 is 1.40 bits per heavy atom. The van der Waals surface area contributed by atoms with Crippen molar-refractivity contribution in [1.29, 1.82) is 0 Å². The Bertz CT molecular complexity index is 1750. The van der Waals surface area contributed by atoms with Gasteiger partial charge in [0, 0.05) is 29.4 Å². The highest BCUT2D eigenvalue weighted by molar-refractivity contribution is 7.76. The van der Waals surface area contributed by atoms with E-state index in [1.54, 1.807) is 7.11 Å². The van der Waals surface area contributed by atoms with E-state index in [9.17, 15) is 0 Å². The van der Waals surface area contributed by atoms with Gasteiger partial charge in [0.1, 0.15) is 24.7 Å². The Labute approximate surface area is 249 Å². The molecule has 4 nitrogen and oxygen atoms in total. The molecule has 0 saturated heterocycles. The second-order valence-electron chi connectivity index (χ2n) is 14.1. The molecule has 42 heavy (non-hydrogen) atoms. The van der Waals surface area contributed by atoms with Crippen molar-refractivity contribution in [3.63, 3.8) is 0 Å². The summed E-state index contributed by atoms with van der Waals surface area (Å²) in [6.07, 6.45) is 0. The zero-order valence-corrected chi connectivity index (χ0v) is 27.0. The molecule has 0 bridgehead atoms. The molecule has 0 saturated carbocycles. The zero-order chi connectivity index (χ0) is 29.9. The summed E-state index contributed by atoms with van der Waals surface area (Å²) in [6.45, 7) is 18.7. The summed E-state index contributed by atoms with van der Waals surface area (Å²) in [6, 6.07) is 17.3. The van der Waals surface area contributed by atoms with E-state index in [1.165, 1.54) is 22.3 Å². The van der Waals surface area contributed by atoms with E-state index >= 15 is 4.57 Å². The average molecular weight is 579 g/mol. The highest BCUT2D eigenvalue weighted by Gasteiger charge is 2.47. The number of rotatable bonds is 1. The van der Waals surface area contributed by atoms with Crippen LogP contribution in [0.5, 0.6) is 11.5 Å². The van der Waals surface area contributed by atoms with E-state index < -0.39 is 7.37 Å². The highest BCUT2D eigenvalue weighted by Crippen LogP contribution is 2.61. The van der Waals surface area contributed by atoms with E-state index in [1.807, 2.05) is 12.1 Å². The van der Waals surface area contributed by atoms with Gasteiger partial charge < -0.3 is 14.0 Å². The third-order valence-electron chi connectivity index (χ3n) is 9.38. The maximum atomic E-state index is 15.6. The molecule has 4 aromatic carbocycles. The lowest BCUT2D eigenvalue weighted by Crippen LogP contribution is -2.22. The van der Waals surface area contributed by atoms with E-state index in [-0.39, 0.29) is 10.8 Å². The molecular weight excluding hydrogens is 539 g/mol. The molecule has 4 aromatic rings. The molecule has 0 aliphatic carbocycles. The lowest BCUT2D eigenvalue weighted by atomic mass is 9.81. The van der Waals surface area contributed by atoms with Gasteiger partial charge in [0.25, 0.3) is 7.37 Å². The van der Waals surface area contributed by atoms with Gasteiger partial charge in [-0.1, -0.05) is 65.8 Å². The smallest absolute Gasteiger partial charge is 0.263 e. The molecule has 0 N–H and O–H groups in total. The predicted octanol–water partition coefficient (Wildman–Crippen LogP) is 8.87. The summed E-state index contributed by atoms with van der Waals surface area (Å²) in [5.41, 5.74) is 13.0. The largest absolute Gasteiger partial charge is 0.488 e. The molecule has 3 aliphatic rings. The molecular formula is C37H39O4P. The Morgan fingerprint density at radius 1 is 0.643 bits per heavy atom. The second kappa shape index (κ2) is 8.85. The van der Waals surface area contributed by atoms with Gasteiger partial charge in [-0.05, 0) is 93.5 Å². The monoisotopic (exact) mass is 578 g/mol. The molecule has 216 valence electrons. The number of hydrogen-bond donors (Lipinski definition) is 0. The number of hydrogen-bond acceptors (Lipinski definition) is 4. The van der Waals surface area contributed by atoms with Crippen LogP contribution in [0.2, 0.25) is 0 Å². The fraction of sp³-hybridized carbons (Fsp3) is 0.351. The maximum absolute atomic E-state index is 15.6. The van der Waals surface area contributed by atoms with Crippen molar-refractivity contribution in [1.82, 2.24) is 0 Å². The Kier molecular flexibility index (Phi) is 5.79. The molecule has 7 rings (SSSR count). The van der Waals surface area contributed by atoms with Crippen LogP contribution >= 0.6 is 7.37 Å². The third-order valence-corrected chi connectivity index (χ3v) is 12.0. The minimum absolute atomic E-state index is 0.0349. The van der Waals surface area contributed by atoms with Crippen molar-refractivity contribution in [3.8, 4) is 44.9 Å². The normalized spacial score (nSPS) is 15.8. The van der Waals surface area contributed by atoms with Crippen LogP contribution in [0.25, 0.3) is 33.4 Å². The van der Waals surface area contributed by atoms with Crippen LogP contribution in [-0.2, 0) is 33.1 Å². The van der Waals surface area contributed by atoms with Crippen molar-refractivity contribution >= 4 is 18.0 Å². The molecule has 0 fully saturated rings. The van der Waals surface area contributed by atoms with Gasteiger partial charge in [-0.3, -0.25) is 4.57 Å². The van der Waals surface area contributed by atoms with Crippen molar-refractivity contribution < 1.29 is 18.6 Å². The SMILES string of the molecule is COP1(=O)c2c(ccc3c2-c2cc(C(C)(C)C)cc(C)c2CO3)-c2ccc3c(c21)-c1cc(C(C)(C)C)cc(C)c1CO3. The third kappa shape index (κ3) is 3.74. The first-order valence-corrected chi connectivity index (χ1v) is 16.4. The van der Waals surface area contributed by atoms with Crippen molar-refractivity contribution in [2.75, 3.05) is 7.11 Å². The average Bonchev–Trinajstić information content (AvgIpc) is 3.20. The molecule has 5 heteroatoms. The minimum atomic E-state index is -3.56. The lowest BCUT2D eigenvalue weighted by Gasteiger charge is -2.30. The summed E-state index contributed by atoms with van der Waals surface area (Å²) in [5, 5.41) is 1.49. The lowest BCUT2D eigenvalue weighted by molar-refractivity contribution is 0.301. The van der Waals surface area contributed by atoms with Crippen molar-refractivity contribution in [2.24, 2.45) is 0 Å². The fourth-order valence-corrected chi connectivity index (χ4v) is 9.54. The molecule has 0 amide bonds. The molecule has 0 aromatic heterocycles. The molecule has 0 atom stereocenters. The predicted molar refractivity (Wildman–Crippen MR) is 172 cm³/mol. The van der Waals surface area contributed by atoms with Gasteiger partial charge in [0.05, 0.1) is 10.6 Å². The van der Waals surface area contributed by atoms with Gasteiger partial charge in [-0.2, -0.15) is 0 Å². The van der Waals surface area contributed by atoms with Gasteiger partial charge in [-0.25, -0.2) is 0 Å². The Morgan fingerprint density at radius 2 is 1.05 bits per heavy atom. The minimum Gasteiger partial charge on any atom is -0.488 e. The van der Waals surface area contributed by atoms with E-state index in [0.717, 1.165) is 66.6 Å². The number of fused-ring (bicyclic) bond motifs is 11. The van der Waals surface area contributed by atoms with Gasteiger partial charge in [0.15, 0.2) is 0 Å². The van der Waals surface area contributed by atoms with Crippen LogP contribution < -0.4 is 20.1 Å². The Hall–Kier alpha value is -3.33. The van der Waals surface area contributed by atoms with Crippen LogP contribution in [0.3, 0.4) is 0 Å². The Balaban J connectivity index is 1.55. The first kappa shape index (κ1) is 27.5. The van der Waals surface area contributed by atoms with Crippen LogP contribution in [0.1, 0.15) is 74.9 Å². The zero-order valence-electron chi connectivity index (χ0n) is 26.1. The summed E-state index contributed by atoms with van der Waals surface area (Å²) >= 11 is 0. The number of ether oxygens (including phenoxy) is 2. The van der Waals surface area contributed by atoms with Crippen molar-refractivity contribution in [2.45, 2.75) is 79.4 Å². The summed E-state index contributed by atoms with van der Waals surface area (Å²) in [4.78, 5) is 0. The van der Waals surface area contributed by atoms with E-state index in [4.69, 9.17) is 14.0 Å². The van der Waals surface area contributed by atoms with E-state index in [2.05, 4.69) is 91.8 Å². The number of aryl methyl sites for hydroxylation is 2.